The van der Waals surface area contributed by atoms with Gasteiger partial charge < -0.3 is 16.0 Å². The maximum atomic E-state index is 14.3. The summed E-state index contributed by atoms with van der Waals surface area (Å²) in [4.78, 5) is 16.5. The third-order valence-corrected chi connectivity index (χ3v) is 4.82. The molecule has 5 rings (SSSR count). The summed E-state index contributed by atoms with van der Waals surface area (Å²) in [6.07, 6.45) is 3.39. The molecule has 3 heterocycles. The number of aromatic nitrogens is 4. The number of aromatic amines is 1. The first-order valence-corrected chi connectivity index (χ1v) is 9.15. The van der Waals surface area contributed by atoms with Crippen molar-refractivity contribution in [3.63, 3.8) is 0 Å². The van der Waals surface area contributed by atoms with Gasteiger partial charge in [-0.1, -0.05) is 12.1 Å². The zero-order valence-electron chi connectivity index (χ0n) is 15.4. The summed E-state index contributed by atoms with van der Waals surface area (Å²) in [5.41, 5.74) is 11.2. The maximum absolute atomic E-state index is 14.3. The van der Waals surface area contributed by atoms with E-state index in [-0.39, 0.29) is 0 Å². The molecule has 4 N–H and O–H groups in total. The molecule has 0 atom stereocenters. The van der Waals surface area contributed by atoms with Gasteiger partial charge in [0.15, 0.2) is 0 Å². The number of hydrogen-bond acceptors (Lipinski definition) is 5. The van der Waals surface area contributed by atoms with Gasteiger partial charge in [0, 0.05) is 18.1 Å². The van der Waals surface area contributed by atoms with Crippen molar-refractivity contribution in [1.29, 1.82) is 0 Å². The zero-order valence-corrected chi connectivity index (χ0v) is 15.4. The van der Waals surface area contributed by atoms with Crippen LogP contribution < -0.4 is 11.1 Å². The lowest BCUT2D eigenvalue weighted by atomic mass is 10.1. The van der Waals surface area contributed by atoms with Crippen LogP contribution in [0, 0.1) is 5.82 Å². The molecule has 0 fully saturated rings. The van der Waals surface area contributed by atoms with Crippen molar-refractivity contribution in [3.8, 4) is 11.4 Å². The van der Waals surface area contributed by atoms with E-state index in [9.17, 15) is 4.39 Å². The summed E-state index contributed by atoms with van der Waals surface area (Å²) in [7, 11) is 0. The van der Waals surface area contributed by atoms with E-state index in [0.29, 0.717) is 34.5 Å². The summed E-state index contributed by atoms with van der Waals surface area (Å²) >= 11 is 0. The number of nitrogens with zero attached hydrogens (tertiary/aromatic N) is 3. The highest BCUT2D eigenvalue weighted by Crippen LogP contribution is 2.32. The molecule has 0 aliphatic carbocycles. The molecular weight excluding hydrogens is 367 g/mol. The van der Waals surface area contributed by atoms with Crippen LogP contribution in [0.3, 0.4) is 0 Å². The number of nitrogens with one attached hydrogen (secondary N) is 2. The monoisotopic (exact) mass is 384 g/mol. The van der Waals surface area contributed by atoms with E-state index in [1.165, 1.54) is 6.07 Å². The second-order valence-corrected chi connectivity index (χ2v) is 6.71. The van der Waals surface area contributed by atoms with E-state index in [0.717, 1.165) is 22.4 Å². The van der Waals surface area contributed by atoms with Gasteiger partial charge in [-0.05, 0) is 42.5 Å². The standard InChI is InChI=1S/C22H17FN6/c23-16-5-3-6-18-20(16)21(24)15(12-27-18)22-28-17-8-7-13(10-19(17)29-22)26-11-14-4-1-2-9-25-14/h1-10,12,26H,11H2,(H2,24,27)(H,28,29). The maximum Gasteiger partial charge on any atom is 0.142 e. The molecule has 0 amide bonds. The molecule has 6 nitrogen and oxygen atoms in total. The van der Waals surface area contributed by atoms with E-state index in [1.807, 2.05) is 36.4 Å². The molecule has 29 heavy (non-hydrogen) atoms. The number of H-pyrrole nitrogens is 1. The molecular formula is C22H17FN6. The number of nitrogens with two attached hydrogens (primary N) is 1. The summed E-state index contributed by atoms with van der Waals surface area (Å²) in [5, 5.41) is 3.66. The molecule has 0 radical (unpaired) electrons. The van der Waals surface area contributed by atoms with Gasteiger partial charge in [0.2, 0.25) is 0 Å². The minimum atomic E-state index is -0.397. The first-order chi connectivity index (χ1) is 14.2. The zero-order chi connectivity index (χ0) is 19.8. The van der Waals surface area contributed by atoms with Crippen LogP contribution in [-0.4, -0.2) is 19.9 Å². The van der Waals surface area contributed by atoms with Gasteiger partial charge in [-0.15, -0.1) is 0 Å². The van der Waals surface area contributed by atoms with Crippen molar-refractivity contribution >= 4 is 33.3 Å². The van der Waals surface area contributed by atoms with Gasteiger partial charge in [-0.25, -0.2) is 9.37 Å². The molecule has 5 aromatic rings. The van der Waals surface area contributed by atoms with Crippen LogP contribution in [0.2, 0.25) is 0 Å². The first kappa shape index (κ1) is 17.1. The van der Waals surface area contributed by atoms with Crippen molar-refractivity contribution < 1.29 is 4.39 Å². The van der Waals surface area contributed by atoms with Crippen LogP contribution in [0.25, 0.3) is 33.3 Å². The SMILES string of the molecule is Nc1c(-c2nc3ccc(NCc4ccccn4)cc3[nH]2)cnc2cccc(F)c12. The Balaban J connectivity index is 1.50. The summed E-state index contributed by atoms with van der Waals surface area (Å²) in [6.45, 7) is 0.619. The predicted molar refractivity (Wildman–Crippen MR) is 113 cm³/mol. The first-order valence-electron chi connectivity index (χ1n) is 9.15. The third-order valence-electron chi connectivity index (χ3n) is 4.82. The highest BCUT2D eigenvalue weighted by atomic mass is 19.1. The number of anilines is 2. The fraction of sp³-hybridized carbons (Fsp3) is 0.0455. The normalized spacial score (nSPS) is 11.2. The molecule has 2 aromatic carbocycles. The number of rotatable bonds is 4. The van der Waals surface area contributed by atoms with Gasteiger partial charge in [0.25, 0.3) is 0 Å². The molecule has 7 heteroatoms. The van der Waals surface area contributed by atoms with Gasteiger partial charge in [-0.3, -0.25) is 9.97 Å². The average Bonchev–Trinajstić information content (AvgIpc) is 3.16. The van der Waals surface area contributed by atoms with Crippen LogP contribution in [0.4, 0.5) is 15.8 Å². The summed E-state index contributed by atoms with van der Waals surface area (Å²) in [6, 6.07) is 16.4. The number of hydrogen-bond donors (Lipinski definition) is 3. The third kappa shape index (κ3) is 3.12. The topological polar surface area (TPSA) is 92.5 Å². The Labute approximate surface area is 165 Å². The molecule has 0 saturated heterocycles. The van der Waals surface area contributed by atoms with E-state index in [1.54, 1.807) is 24.5 Å². The molecule has 0 spiro atoms. The van der Waals surface area contributed by atoms with Gasteiger partial charge in [0.1, 0.15) is 11.6 Å². The molecule has 0 aliphatic heterocycles. The fourth-order valence-corrected chi connectivity index (χ4v) is 3.36. The van der Waals surface area contributed by atoms with Crippen LogP contribution in [-0.2, 0) is 6.54 Å². The van der Waals surface area contributed by atoms with Gasteiger partial charge in [0.05, 0.1) is 45.4 Å². The van der Waals surface area contributed by atoms with Crippen molar-refractivity contribution in [2.24, 2.45) is 0 Å². The fourth-order valence-electron chi connectivity index (χ4n) is 3.36. The Bertz CT molecular complexity index is 1330. The Morgan fingerprint density at radius 1 is 1.00 bits per heavy atom. The number of halogens is 1. The second kappa shape index (κ2) is 6.87. The van der Waals surface area contributed by atoms with E-state index < -0.39 is 5.82 Å². The summed E-state index contributed by atoms with van der Waals surface area (Å²) in [5.74, 6) is 0.156. The van der Waals surface area contributed by atoms with E-state index in [4.69, 9.17) is 5.73 Å². The van der Waals surface area contributed by atoms with Crippen LogP contribution in [0.5, 0.6) is 0 Å². The number of nitrogen functional groups attached to an aromatic ring is 1. The van der Waals surface area contributed by atoms with E-state index >= 15 is 0 Å². The average molecular weight is 384 g/mol. The highest BCUT2D eigenvalue weighted by molar-refractivity contribution is 5.98. The molecule has 0 aliphatic rings. The van der Waals surface area contributed by atoms with Crippen molar-refractivity contribution in [2.45, 2.75) is 6.54 Å². The smallest absolute Gasteiger partial charge is 0.142 e. The Kier molecular flexibility index (Phi) is 4.05. The molecule has 0 unspecified atom stereocenters. The minimum Gasteiger partial charge on any atom is -0.397 e. The largest absolute Gasteiger partial charge is 0.397 e. The molecule has 3 aromatic heterocycles. The van der Waals surface area contributed by atoms with Crippen LogP contribution in [0.1, 0.15) is 5.69 Å². The number of benzene rings is 2. The molecule has 0 bridgehead atoms. The van der Waals surface area contributed by atoms with Crippen molar-refractivity contribution in [1.82, 2.24) is 19.9 Å². The molecule has 142 valence electrons. The van der Waals surface area contributed by atoms with Crippen LogP contribution >= 0.6 is 0 Å². The highest BCUT2D eigenvalue weighted by Gasteiger charge is 2.14. The summed E-state index contributed by atoms with van der Waals surface area (Å²) < 4.78 is 14.3. The number of pyridine rings is 2. The Morgan fingerprint density at radius 2 is 1.93 bits per heavy atom. The van der Waals surface area contributed by atoms with Crippen molar-refractivity contribution in [2.75, 3.05) is 11.1 Å². The van der Waals surface area contributed by atoms with E-state index in [2.05, 4.69) is 25.3 Å². The predicted octanol–water partition coefficient (Wildman–Crippen LogP) is 4.51. The number of fused-ring (bicyclic) bond motifs is 2. The molecule has 0 saturated carbocycles. The van der Waals surface area contributed by atoms with Crippen LogP contribution in [0.15, 0.2) is 67.0 Å². The van der Waals surface area contributed by atoms with Gasteiger partial charge >= 0.3 is 0 Å². The van der Waals surface area contributed by atoms with Crippen molar-refractivity contribution in [3.05, 3.63) is 78.5 Å². The lowest BCUT2D eigenvalue weighted by Crippen LogP contribution is -2.00. The quantitative estimate of drug-likeness (QED) is 0.424. The number of imidazole rings is 1. The second-order valence-electron chi connectivity index (χ2n) is 6.71. The Hall–Kier alpha value is -4.00. The van der Waals surface area contributed by atoms with Gasteiger partial charge in [-0.2, -0.15) is 0 Å². The minimum absolute atomic E-state index is 0.308. The Morgan fingerprint density at radius 3 is 2.79 bits per heavy atom. The lowest BCUT2D eigenvalue weighted by molar-refractivity contribution is 0.640. The lowest BCUT2D eigenvalue weighted by Gasteiger charge is -2.07.